The molecule has 0 spiro atoms. The van der Waals surface area contributed by atoms with E-state index in [4.69, 9.17) is 0 Å². The van der Waals surface area contributed by atoms with E-state index in [1.807, 2.05) is 11.3 Å². The lowest BCUT2D eigenvalue weighted by atomic mass is 10.3. The maximum absolute atomic E-state index is 3.38. The molecule has 0 aliphatic carbocycles. The van der Waals surface area contributed by atoms with Gasteiger partial charge in [0.05, 0.1) is 0 Å². The Kier molecular flexibility index (Phi) is 6.69. The maximum Gasteiger partial charge on any atom is 0.0328 e. The number of nitrogens with zero attached hydrogens (tertiary/aromatic N) is 1. The van der Waals surface area contributed by atoms with Gasteiger partial charge in [-0.25, -0.2) is 0 Å². The molecule has 1 aromatic rings. The van der Waals surface area contributed by atoms with Crippen molar-refractivity contribution in [2.24, 2.45) is 0 Å². The lowest BCUT2D eigenvalue weighted by molar-refractivity contribution is 0.282. The number of nitrogens with one attached hydrogen (secondary N) is 1. The zero-order valence-corrected chi connectivity index (χ0v) is 11.6. The fraction of sp³-hybridized carbons (Fsp3) is 0.692. The topological polar surface area (TPSA) is 15.3 Å². The minimum absolute atomic E-state index is 1.07. The maximum atomic E-state index is 3.38. The van der Waals surface area contributed by atoms with Gasteiger partial charge >= 0.3 is 0 Å². The minimum Gasteiger partial charge on any atom is -0.316 e. The van der Waals surface area contributed by atoms with Gasteiger partial charge in [0.15, 0.2) is 0 Å². The fourth-order valence-electron chi connectivity index (χ4n) is 1.68. The average molecular weight is 240 g/mol. The summed E-state index contributed by atoms with van der Waals surface area (Å²) in [7, 11) is 0. The fourth-order valence-corrected chi connectivity index (χ4v) is 2.68. The quantitative estimate of drug-likeness (QED) is 0.703. The van der Waals surface area contributed by atoms with E-state index in [0.29, 0.717) is 0 Å². The molecule has 0 saturated heterocycles. The summed E-state index contributed by atoms with van der Waals surface area (Å²) < 4.78 is 0. The predicted octanol–water partition coefficient (Wildman–Crippen LogP) is 2.74. The van der Waals surface area contributed by atoms with Crippen molar-refractivity contribution in [1.29, 1.82) is 0 Å². The van der Waals surface area contributed by atoms with Gasteiger partial charge in [0.25, 0.3) is 0 Å². The molecular weight excluding hydrogens is 216 g/mol. The van der Waals surface area contributed by atoms with Crippen molar-refractivity contribution in [2.75, 3.05) is 26.2 Å². The molecule has 1 N–H and O–H groups in total. The van der Waals surface area contributed by atoms with Crippen LogP contribution in [-0.2, 0) is 13.0 Å². The summed E-state index contributed by atoms with van der Waals surface area (Å²) in [6.07, 6.45) is 1.16. The largest absolute Gasteiger partial charge is 0.316 e. The first-order valence-electron chi connectivity index (χ1n) is 6.30. The van der Waals surface area contributed by atoms with E-state index >= 15 is 0 Å². The first-order valence-corrected chi connectivity index (χ1v) is 7.12. The number of hydrogen-bond donors (Lipinski definition) is 1. The third-order valence-corrected chi connectivity index (χ3v) is 3.96. The summed E-state index contributed by atoms with van der Waals surface area (Å²) in [6, 6.07) is 4.54. The summed E-state index contributed by atoms with van der Waals surface area (Å²) in [5.41, 5.74) is 0. The molecule has 0 aliphatic heterocycles. The van der Waals surface area contributed by atoms with Crippen molar-refractivity contribution in [2.45, 2.75) is 33.7 Å². The van der Waals surface area contributed by atoms with E-state index < -0.39 is 0 Å². The second kappa shape index (κ2) is 7.82. The molecule has 0 aliphatic rings. The highest BCUT2D eigenvalue weighted by Crippen LogP contribution is 2.18. The molecule has 0 saturated carbocycles. The van der Waals surface area contributed by atoms with Crippen molar-refractivity contribution in [3.8, 4) is 0 Å². The SMILES string of the molecule is CCNCCN(CC)Cc1ccc(CC)s1. The Hall–Kier alpha value is -0.380. The van der Waals surface area contributed by atoms with Gasteiger partial charge in [-0.1, -0.05) is 20.8 Å². The van der Waals surface area contributed by atoms with E-state index in [1.54, 1.807) is 0 Å². The number of rotatable bonds is 8. The molecule has 0 radical (unpaired) electrons. The average Bonchev–Trinajstić information content (AvgIpc) is 2.75. The molecule has 16 heavy (non-hydrogen) atoms. The molecule has 0 amide bonds. The van der Waals surface area contributed by atoms with Gasteiger partial charge < -0.3 is 5.32 Å². The van der Waals surface area contributed by atoms with Crippen LogP contribution in [0.4, 0.5) is 0 Å². The lowest BCUT2D eigenvalue weighted by Gasteiger charge is -2.19. The predicted molar refractivity (Wildman–Crippen MR) is 73.2 cm³/mol. The monoisotopic (exact) mass is 240 g/mol. The summed E-state index contributed by atoms with van der Waals surface area (Å²) in [4.78, 5) is 5.49. The molecule has 0 fully saturated rings. The zero-order chi connectivity index (χ0) is 11.8. The van der Waals surface area contributed by atoms with Gasteiger partial charge in [-0.15, -0.1) is 11.3 Å². The molecule has 3 heteroatoms. The molecule has 2 nitrogen and oxygen atoms in total. The molecular formula is C13H24N2S. The third-order valence-electron chi connectivity index (χ3n) is 2.75. The summed E-state index contributed by atoms with van der Waals surface area (Å²) in [5, 5.41) is 3.38. The third kappa shape index (κ3) is 4.64. The van der Waals surface area contributed by atoms with Gasteiger partial charge in [-0.05, 0) is 31.6 Å². The Morgan fingerprint density at radius 1 is 1.19 bits per heavy atom. The molecule has 1 rings (SSSR count). The van der Waals surface area contributed by atoms with Crippen LogP contribution in [0.15, 0.2) is 12.1 Å². The van der Waals surface area contributed by atoms with Crippen LogP contribution in [0.25, 0.3) is 0 Å². The second-order valence-electron chi connectivity index (χ2n) is 3.94. The number of thiophene rings is 1. The van der Waals surface area contributed by atoms with Gasteiger partial charge in [-0.3, -0.25) is 4.90 Å². The highest BCUT2D eigenvalue weighted by molar-refractivity contribution is 7.11. The van der Waals surface area contributed by atoms with Crippen LogP contribution in [-0.4, -0.2) is 31.1 Å². The van der Waals surface area contributed by atoms with Crippen molar-refractivity contribution in [3.05, 3.63) is 21.9 Å². The Balaban J connectivity index is 2.36. The summed E-state index contributed by atoms with van der Waals surface area (Å²) in [5.74, 6) is 0. The summed E-state index contributed by atoms with van der Waals surface area (Å²) in [6.45, 7) is 12.1. The Bertz CT molecular complexity index is 283. The molecule has 0 bridgehead atoms. The molecule has 1 heterocycles. The Morgan fingerprint density at radius 3 is 2.50 bits per heavy atom. The van der Waals surface area contributed by atoms with Crippen LogP contribution in [0, 0.1) is 0 Å². The highest BCUT2D eigenvalue weighted by atomic mass is 32.1. The molecule has 0 aromatic carbocycles. The van der Waals surface area contributed by atoms with Crippen LogP contribution < -0.4 is 5.32 Å². The van der Waals surface area contributed by atoms with E-state index in [0.717, 1.165) is 39.1 Å². The van der Waals surface area contributed by atoms with Gasteiger partial charge in [0, 0.05) is 29.4 Å². The second-order valence-corrected chi connectivity index (χ2v) is 5.20. The van der Waals surface area contributed by atoms with Gasteiger partial charge in [-0.2, -0.15) is 0 Å². The van der Waals surface area contributed by atoms with Crippen LogP contribution in [0.3, 0.4) is 0 Å². The lowest BCUT2D eigenvalue weighted by Crippen LogP contribution is -2.31. The van der Waals surface area contributed by atoms with E-state index in [2.05, 4.69) is 43.1 Å². The smallest absolute Gasteiger partial charge is 0.0328 e. The van der Waals surface area contributed by atoms with Crippen molar-refractivity contribution >= 4 is 11.3 Å². The number of aryl methyl sites for hydroxylation is 1. The van der Waals surface area contributed by atoms with E-state index in [-0.39, 0.29) is 0 Å². The van der Waals surface area contributed by atoms with Crippen molar-refractivity contribution in [3.63, 3.8) is 0 Å². The van der Waals surface area contributed by atoms with Gasteiger partial charge in [0.2, 0.25) is 0 Å². The Labute approximate surface area is 104 Å². The normalized spacial score (nSPS) is 11.2. The Morgan fingerprint density at radius 2 is 1.94 bits per heavy atom. The number of hydrogen-bond acceptors (Lipinski definition) is 3. The molecule has 92 valence electrons. The van der Waals surface area contributed by atoms with Crippen LogP contribution in [0.5, 0.6) is 0 Å². The molecule has 1 aromatic heterocycles. The van der Waals surface area contributed by atoms with Crippen LogP contribution in [0.2, 0.25) is 0 Å². The minimum atomic E-state index is 1.07. The van der Waals surface area contributed by atoms with E-state index in [9.17, 15) is 0 Å². The first-order chi connectivity index (χ1) is 7.80. The van der Waals surface area contributed by atoms with E-state index in [1.165, 1.54) is 9.75 Å². The first kappa shape index (κ1) is 13.7. The molecule has 0 unspecified atom stereocenters. The highest BCUT2D eigenvalue weighted by Gasteiger charge is 2.05. The van der Waals surface area contributed by atoms with Crippen LogP contribution >= 0.6 is 11.3 Å². The molecule has 0 atom stereocenters. The summed E-state index contributed by atoms with van der Waals surface area (Å²) >= 11 is 1.95. The van der Waals surface area contributed by atoms with Gasteiger partial charge in [0.1, 0.15) is 0 Å². The standard InChI is InChI=1S/C13H24N2S/c1-4-12-7-8-13(16-12)11-15(6-3)10-9-14-5-2/h7-8,14H,4-6,9-11H2,1-3H3. The van der Waals surface area contributed by atoms with Crippen molar-refractivity contribution < 1.29 is 0 Å². The van der Waals surface area contributed by atoms with Crippen molar-refractivity contribution in [1.82, 2.24) is 10.2 Å². The van der Waals surface area contributed by atoms with Crippen LogP contribution in [0.1, 0.15) is 30.5 Å². The zero-order valence-electron chi connectivity index (χ0n) is 10.8. The number of likely N-dealkylation sites (N-methyl/N-ethyl adjacent to an activating group) is 2.